The summed E-state index contributed by atoms with van der Waals surface area (Å²) in [6.07, 6.45) is 3.35. The number of hydrogen-bond donors (Lipinski definition) is 1. The molecule has 0 atom stereocenters. The second kappa shape index (κ2) is 5.30. The molecule has 0 saturated heterocycles. The van der Waals surface area contributed by atoms with Gasteiger partial charge in [-0.3, -0.25) is 0 Å². The van der Waals surface area contributed by atoms with Crippen molar-refractivity contribution < 1.29 is 4.74 Å². The van der Waals surface area contributed by atoms with Gasteiger partial charge < -0.3 is 15.0 Å². The third-order valence-corrected chi connectivity index (χ3v) is 1.55. The van der Waals surface area contributed by atoms with Crippen molar-refractivity contribution in [3.63, 3.8) is 0 Å². The zero-order valence-electron chi connectivity index (χ0n) is 7.31. The average Bonchev–Trinajstić information content (AvgIpc) is 2.60. The monoisotopic (exact) mass is 180 g/mol. The predicted molar refractivity (Wildman–Crippen MR) is 46.8 cm³/mol. The van der Waals surface area contributed by atoms with E-state index in [4.69, 9.17) is 15.7 Å². The Bertz CT molecular complexity index is 289. The highest BCUT2D eigenvalue weighted by Crippen LogP contribution is 1.94. The number of nitriles is 1. The Morgan fingerprint density at radius 1 is 1.62 bits per heavy atom. The summed E-state index contributed by atoms with van der Waals surface area (Å²) in [6, 6.07) is 1.99. The molecule has 2 N–H and O–H groups in total. The highest BCUT2D eigenvalue weighted by Gasteiger charge is 1.99. The molecule has 1 heterocycles. The number of rotatable bonds is 5. The molecule has 0 bridgehead atoms. The number of aromatic nitrogens is 2. The summed E-state index contributed by atoms with van der Waals surface area (Å²) >= 11 is 0. The third-order valence-electron chi connectivity index (χ3n) is 1.55. The van der Waals surface area contributed by atoms with Gasteiger partial charge in [0, 0.05) is 25.5 Å². The second-order valence-electron chi connectivity index (χ2n) is 2.46. The summed E-state index contributed by atoms with van der Waals surface area (Å²) in [4.78, 5) is 3.86. The molecule has 1 aromatic rings. The van der Waals surface area contributed by atoms with E-state index in [9.17, 15) is 0 Å². The first-order valence-electron chi connectivity index (χ1n) is 4.07. The minimum atomic E-state index is 0.413. The van der Waals surface area contributed by atoms with Crippen LogP contribution in [0.25, 0.3) is 0 Å². The van der Waals surface area contributed by atoms with Crippen molar-refractivity contribution in [3.05, 3.63) is 18.2 Å². The van der Waals surface area contributed by atoms with Crippen molar-refractivity contribution in [2.45, 2.75) is 6.54 Å². The number of nitrogens with zero attached hydrogens (tertiary/aromatic N) is 3. The lowest BCUT2D eigenvalue weighted by Crippen LogP contribution is -2.12. The summed E-state index contributed by atoms with van der Waals surface area (Å²) in [5.74, 6) is 0.413. The minimum Gasteiger partial charge on any atom is -0.378 e. The van der Waals surface area contributed by atoms with Crippen molar-refractivity contribution >= 4 is 0 Å². The zero-order valence-corrected chi connectivity index (χ0v) is 7.31. The fourth-order valence-corrected chi connectivity index (χ4v) is 0.951. The molecular formula is C8H12N4O. The van der Waals surface area contributed by atoms with Gasteiger partial charge in [0.25, 0.3) is 0 Å². The maximum atomic E-state index is 8.62. The van der Waals surface area contributed by atoms with Crippen LogP contribution < -0.4 is 5.73 Å². The lowest BCUT2D eigenvalue weighted by Gasteiger charge is -2.03. The Morgan fingerprint density at radius 3 is 3.15 bits per heavy atom. The molecule has 1 rings (SSSR count). The quantitative estimate of drug-likeness (QED) is 0.633. The molecule has 0 aromatic carbocycles. The fraction of sp³-hybridized carbons (Fsp3) is 0.500. The van der Waals surface area contributed by atoms with E-state index < -0.39 is 0 Å². The van der Waals surface area contributed by atoms with E-state index in [1.165, 1.54) is 0 Å². The summed E-state index contributed by atoms with van der Waals surface area (Å²) in [6.45, 7) is 2.27. The molecule has 0 unspecified atom stereocenters. The van der Waals surface area contributed by atoms with Crippen molar-refractivity contribution in [2.24, 2.45) is 5.73 Å². The van der Waals surface area contributed by atoms with Crippen LogP contribution in [0.3, 0.4) is 0 Å². The van der Waals surface area contributed by atoms with E-state index in [1.54, 1.807) is 17.0 Å². The van der Waals surface area contributed by atoms with Gasteiger partial charge in [0.2, 0.25) is 5.82 Å². The molecule has 0 fully saturated rings. The van der Waals surface area contributed by atoms with Gasteiger partial charge in [-0.15, -0.1) is 0 Å². The van der Waals surface area contributed by atoms with E-state index in [1.807, 2.05) is 6.07 Å². The Morgan fingerprint density at radius 2 is 2.46 bits per heavy atom. The number of imidazole rings is 1. The normalized spacial score (nSPS) is 9.85. The maximum Gasteiger partial charge on any atom is 0.212 e. The predicted octanol–water partition coefficient (Wildman–Crippen LogP) is -0.270. The molecule has 13 heavy (non-hydrogen) atoms. The van der Waals surface area contributed by atoms with E-state index in [2.05, 4.69) is 4.98 Å². The zero-order chi connectivity index (χ0) is 9.52. The van der Waals surface area contributed by atoms with Gasteiger partial charge in [-0.05, 0) is 0 Å². The van der Waals surface area contributed by atoms with E-state index >= 15 is 0 Å². The molecule has 0 radical (unpaired) electrons. The van der Waals surface area contributed by atoms with Crippen LogP contribution in [-0.2, 0) is 11.3 Å². The molecule has 0 saturated carbocycles. The van der Waals surface area contributed by atoms with Crippen LogP contribution in [0.1, 0.15) is 5.82 Å². The lowest BCUT2D eigenvalue weighted by molar-refractivity contribution is 0.133. The van der Waals surface area contributed by atoms with Crippen molar-refractivity contribution in [2.75, 3.05) is 19.8 Å². The Labute approximate surface area is 76.7 Å². The van der Waals surface area contributed by atoms with Crippen molar-refractivity contribution in [1.29, 1.82) is 5.26 Å². The number of nitrogens with two attached hydrogens (primary N) is 1. The topological polar surface area (TPSA) is 76.9 Å². The van der Waals surface area contributed by atoms with Crippen LogP contribution in [-0.4, -0.2) is 29.3 Å². The Hall–Kier alpha value is -1.38. The second-order valence-corrected chi connectivity index (χ2v) is 2.46. The molecule has 70 valence electrons. The molecule has 0 aliphatic carbocycles. The molecule has 5 heteroatoms. The first-order chi connectivity index (χ1) is 6.38. The van der Waals surface area contributed by atoms with Crippen LogP contribution in [0.4, 0.5) is 0 Å². The first-order valence-corrected chi connectivity index (χ1v) is 4.07. The molecule has 5 nitrogen and oxygen atoms in total. The third kappa shape index (κ3) is 2.86. The summed E-state index contributed by atoms with van der Waals surface area (Å²) in [5, 5.41) is 8.62. The largest absolute Gasteiger partial charge is 0.378 e. The standard InChI is InChI=1S/C8H12N4O/c9-1-5-13-6-4-12-3-2-11-8(12)7-10/h2-3H,1,4-6,9H2. The molecular weight excluding hydrogens is 168 g/mol. The van der Waals surface area contributed by atoms with Crippen LogP contribution >= 0.6 is 0 Å². The Kier molecular flexibility index (Phi) is 3.96. The fourth-order valence-electron chi connectivity index (χ4n) is 0.951. The highest BCUT2D eigenvalue weighted by atomic mass is 16.5. The van der Waals surface area contributed by atoms with Crippen LogP contribution in [0, 0.1) is 11.3 Å². The molecule has 0 spiro atoms. The van der Waals surface area contributed by atoms with Gasteiger partial charge in [-0.2, -0.15) is 5.26 Å². The van der Waals surface area contributed by atoms with E-state index in [0.29, 0.717) is 32.1 Å². The number of ether oxygens (including phenoxy) is 1. The summed E-state index contributed by atoms with van der Waals surface area (Å²) < 4.78 is 6.92. The first kappa shape index (κ1) is 9.71. The summed E-state index contributed by atoms with van der Waals surface area (Å²) in [5.41, 5.74) is 5.25. The van der Waals surface area contributed by atoms with Crippen molar-refractivity contribution in [3.8, 4) is 6.07 Å². The molecule has 0 amide bonds. The maximum absolute atomic E-state index is 8.62. The van der Waals surface area contributed by atoms with Crippen LogP contribution in [0.15, 0.2) is 12.4 Å². The van der Waals surface area contributed by atoms with Gasteiger partial charge >= 0.3 is 0 Å². The minimum absolute atomic E-state index is 0.413. The van der Waals surface area contributed by atoms with Gasteiger partial charge in [0.15, 0.2) is 0 Å². The molecule has 0 aliphatic heterocycles. The average molecular weight is 180 g/mol. The highest BCUT2D eigenvalue weighted by molar-refractivity contribution is 5.10. The van der Waals surface area contributed by atoms with Gasteiger partial charge in [-0.25, -0.2) is 4.98 Å². The SMILES string of the molecule is N#Cc1nccn1CCOCCN. The Balaban J connectivity index is 2.33. The van der Waals surface area contributed by atoms with Gasteiger partial charge in [-0.1, -0.05) is 0 Å². The van der Waals surface area contributed by atoms with E-state index in [0.717, 1.165) is 0 Å². The molecule has 0 aliphatic rings. The van der Waals surface area contributed by atoms with E-state index in [-0.39, 0.29) is 0 Å². The van der Waals surface area contributed by atoms with Gasteiger partial charge in [0.05, 0.1) is 13.2 Å². The van der Waals surface area contributed by atoms with Crippen LogP contribution in [0.2, 0.25) is 0 Å². The smallest absolute Gasteiger partial charge is 0.212 e. The summed E-state index contributed by atoms with van der Waals surface area (Å²) in [7, 11) is 0. The van der Waals surface area contributed by atoms with Crippen LogP contribution in [0.5, 0.6) is 0 Å². The van der Waals surface area contributed by atoms with Gasteiger partial charge in [0.1, 0.15) is 6.07 Å². The molecule has 1 aromatic heterocycles. The number of hydrogen-bond acceptors (Lipinski definition) is 4. The van der Waals surface area contributed by atoms with Crippen molar-refractivity contribution in [1.82, 2.24) is 9.55 Å². The lowest BCUT2D eigenvalue weighted by atomic mass is 10.6.